The van der Waals surface area contributed by atoms with Crippen molar-refractivity contribution in [1.82, 2.24) is 20.2 Å². The fraction of sp³-hybridized carbons (Fsp3) is 0.150. The van der Waals surface area contributed by atoms with Crippen LogP contribution in [0, 0.1) is 6.92 Å². The Hall–Kier alpha value is -3.22. The highest BCUT2D eigenvalue weighted by atomic mass is 19.4. The zero-order valence-electron chi connectivity index (χ0n) is 14.4. The minimum Gasteiger partial charge on any atom is -0.279 e. The van der Waals surface area contributed by atoms with E-state index < -0.39 is 11.7 Å². The lowest BCUT2D eigenvalue weighted by Crippen LogP contribution is -2.11. The number of aromatic nitrogens is 4. The summed E-state index contributed by atoms with van der Waals surface area (Å²) < 4.78 is 39.3. The average molecular weight is 368 g/mol. The largest absolute Gasteiger partial charge is 0.417 e. The van der Waals surface area contributed by atoms with Crippen molar-refractivity contribution in [1.29, 1.82) is 0 Å². The first-order valence-corrected chi connectivity index (χ1v) is 8.27. The van der Waals surface area contributed by atoms with Gasteiger partial charge in [-0.25, -0.2) is 0 Å². The molecule has 1 N–H and O–H groups in total. The topological polar surface area (TPSA) is 54.5 Å². The summed E-state index contributed by atoms with van der Waals surface area (Å²) in [4.78, 5) is 8.41. The zero-order valence-corrected chi connectivity index (χ0v) is 14.4. The summed E-state index contributed by atoms with van der Waals surface area (Å²) in [6.45, 7) is 4.87. The number of rotatable bonds is 3. The second-order valence-electron chi connectivity index (χ2n) is 6.39. The number of fused-ring (bicyclic) bond motifs is 2. The Morgan fingerprint density at radius 2 is 2.00 bits per heavy atom. The molecule has 4 rings (SSSR count). The molecule has 27 heavy (non-hydrogen) atoms. The first-order valence-electron chi connectivity index (χ1n) is 8.27. The monoisotopic (exact) mass is 368 g/mol. The molecule has 0 saturated heterocycles. The molecule has 0 spiro atoms. The second-order valence-corrected chi connectivity index (χ2v) is 6.39. The van der Waals surface area contributed by atoms with E-state index in [2.05, 4.69) is 26.7 Å². The van der Waals surface area contributed by atoms with E-state index in [1.807, 2.05) is 18.2 Å². The van der Waals surface area contributed by atoms with Crippen molar-refractivity contribution in [2.45, 2.75) is 19.5 Å². The molecule has 4 aromatic rings. The van der Waals surface area contributed by atoms with E-state index in [0.717, 1.165) is 22.3 Å². The molecule has 0 bridgehead atoms. The Morgan fingerprint density at radius 3 is 2.78 bits per heavy atom. The first-order chi connectivity index (χ1) is 12.8. The average Bonchev–Trinajstić information content (AvgIpc) is 3.02. The minimum atomic E-state index is -4.52. The van der Waals surface area contributed by atoms with E-state index in [1.54, 1.807) is 31.3 Å². The van der Waals surface area contributed by atoms with Crippen molar-refractivity contribution < 1.29 is 13.2 Å². The second kappa shape index (κ2) is 6.19. The fourth-order valence-electron chi connectivity index (χ4n) is 3.14. The van der Waals surface area contributed by atoms with E-state index in [1.165, 1.54) is 0 Å². The van der Waals surface area contributed by atoms with Gasteiger partial charge in [-0.15, -0.1) is 0 Å². The van der Waals surface area contributed by atoms with Crippen LogP contribution in [0.1, 0.15) is 22.6 Å². The first kappa shape index (κ1) is 17.2. The van der Waals surface area contributed by atoms with Gasteiger partial charge in [-0.05, 0) is 36.1 Å². The van der Waals surface area contributed by atoms with Crippen molar-refractivity contribution in [3.05, 3.63) is 71.8 Å². The van der Waals surface area contributed by atoms with Crippen LogP contribution in [-0.2, 0) is 6.42 Å². The van der Waals surface area contributed by atoms with Gasteiger partial charge in [0.1, 0.15) is 11.0 Å². The Morgan fingerprint density at radius 1 is 1.19 bits per heavy atom. The summed E-state index contributed by atoms with van der Waals surface area (Å²) in [6.07, 6.45) is -2.28. The number of benzene rings is 1. The van der Waals surface area contributed by atoms with Gasteiger partial charge in [0.15, 0.2) is 0 Å². The molecule has 0 aliphatic carbocycles. The molecule has 0 fully saturated rings. The molecule has 4 nitrogen and oxygen atoms in total. The Balaban J connectivity index is 1.78. The third-order valence-electron chi connectivity index (χ3n) is 4.42. The van der Waals surface area contributed by atoms with Crippen LogP contribution < -0.4 is 0 Å². The molecule has 7 heteroatoms. The van der Waals surface area contributed by atoms with Crippen LogP contribution in [0.3, 0.4) is 0 Å². The molecular weight excluding hydrogens is 353 g/mol. The van der Waals surface area contributed by atoms with E-state index in [-0.39, 0.29) is 5.69 Å². The maximum Gasteiger partial charge on any atom is 0.417 e. The maximum absolute atomic E-state index is 13.1. The summed E-state index contributed by atoms with van der Waals surface area (Å²) in [6, 6.07) is 10.8. The van der Waals surface area contributed by atoms with Gasteiger partial charge in [0.25, 0.3) is 0 Å². The predicted octanol–water partition coefficient (Wildman–Crippen LogP) is 4.98. The molecule has 3 aromatic heterocycles. The van der Waals surface area contributed by atoms with Gasteiger partial charge in [0.2, 0.25) is 0 Å². The number of hydrogen-bond acceptors (Lipinski definition) is 3. The predicted molar refractivity (Wildman–Crippen MR) is 98.3 cm³/mol. The highest BCUT2D eigenvalue weighted by Gasteiger charge is 2.34. The highest BCUT2D eigenvalue weighted by molar-refractivity contribution is 5.93. The normalized spacial score (nSPS) is 12.0. The van der Waals surface area contributed by atoms with E-state index in [4.69, 9.17) is 0 Å². The number of hydrogen-bond donors (Lipinski definition) is 1. The van der Waals surface area contributed by atoms with Crippen LogP contribution in [-0.4, -0.2) is 26.3 Å². The number of H-pyrrole nitrogens is 1. The van der Waals surface area contributed by atoms with Crippen molar-refractivity contribution >= 4 is 27.4 Å². The molecule has 0 unspecified atom stereocenters. The SMILES string of the molecule is C=C(c1nc(C)cc2cc(Cc3[nH]nc4cccnc34)ccc12)C(F)(F)F. The van der Waals surface area contributed by atoms with Crippen LogP contribution in [0.5, 0.6) is 0 Å². The number of alkyl halides is 3. The quantitative estimate of drug-likeness (QED) is 0.555. The molecule has 0 aliphatic rings. The van der Waals surface area contributed by atoms with Crippen molar-refractivity contribution in [2.24, 2.45) is 0 Å². The molecule has 3 heterocycles. The molecule has 0 atom stereocenters. The van der Waals surface area contributed by atoms with Crippen LogP contribution in [0.15, 0.2) is 49.2 Å². The number of nitrogens with one attached hydrogen (secondary N) is 1. The number of aryl methyl sites for hydroxylation is 1. The Labute approximate surface area is 152 Å². The third kappa shape index (κ3) is 3.16. The summed E-state index contributed by atoms with van der Waals surface area (Å²) in [5.74, 6) is 0. The molecule has 0 radical (unpaired) electrons. The van der Waals surface area contributed by atoms with Crippen molar-refractivity contribution in [3.8, 4) is 0 Å². The zero-order chi connectivity index (χ0) is 19.2. The lowest BCUT2D eigenvalue weighted by Gasteiger charge is -2.13. The molecular formula is C20H15F3N4. The van der Waals surface area contributed by atoms with Crippen LogP contribution in [0.25, 0.3) is 27.4 Å². The van der Waals surface area contributed by atoms with Gasteiger partial charge < -0.3 is 0 Å². The number of nitrogens with zero attached hydrogens (tertiary/aromatic N) is 3. The number of aromatic amines is 1. The summed E-state index contributed by atoms with van der Waals surface area (Å²) in [5, 5.41) is 8.33. The smallest absolute Gasteiger partial charge is 0.279 e. The molecule has 0 amide bonds. The maximum atomic E-state index is 13.1. The van der Waals surface area contributed by atoms with E-state index in [9.17, 15) is 13.2 Å². The van der Waals surface area contributed by atoms with Gasteiger partial charge in [0.05, 0.1) is 17.0 Å². The number of pyridine rings is 2. The van der Waals surface area contributed by atoms with Gasteiger partial charge in [-0.1, -0.05) is 24.8 Å². The van der Waals surface area contributed by atoms with Gasteiger partial charge in [0, 0.05) is 23.7 Å². The van der Waals surface area contributed by atoms with Crippen LogP contribution in [0.4, 0.5) is 13.2 Å². The Bertz CT molecular complexity index is 1170. The minimum absolute atomic E-state index is 0.127. The van der Waals surface area contributed by atoms with Crippen LogP contribution in [0.2, 0.25) is 0 Å². The van der Waals surface area contributed by atoms with E-state index >= 15 is 0 Å². The number of allylic oxidation sites excluding steroid dienone is 1. The van der Waals surface area contributed by atoms with Crippen molar-refractivity contribution in [3.63, 3.8) is 0 Å². The molecule has 1 aromatic carbocycles. The van der Waals surface area contributed by atoms with Crippen LogP contribution >= 0.6 is 0 Å². The molecule has 0 saturated carbocycles. The lowest BCUT2D eigenvalue weighted by molar-refractivity contribution is -0.0688. The van der Waals surface area contributed by atoms with E-state index in [0.29, 0.717) is 22.9 Å². The van der Waals surface area contributed by atoms with Gasteiger partial charge in [-0.2, -0.15) is 18.3 Å². The van der Waals surface area contributed by atoms with Gasteiger partial charge >= 0.3 is 6.18 Å². The third-order valence-corrected chi connectivity index (χ3v) is 4.42. The highest BCUT2D eigenvalue weighted by Crippen LogP contribution is 2.35. The lowest BCUT2D eigenvalue weighted by atomic mass is 9.99. The standard InChI is InChI=1S/C20H15F3N4/c1-11-8-14-9-13(10-17-19-16(26-27-17)4-3-7-24-19)5-6-15(14)18(25-11)12(2)20(21,22)23/h3-9H,2,10H2,1H3,(H,26,27). The number of halogens is 3. The Kier molecular flexibility index (Phi) is 3.95. The van der Waals surface area contributed by atoms with Crippen molar-refractivity contribution in [2.75, 3.05) is 0 Å². The summed E-state index contributed by atoms with van der Waals surface area (Å²) in [7, 11) is 0. The molecule has 0 aliphatic heterocycles. The summed E-state index contributed by atoms with van der Waals surface area (Å²) in [5.41, 5.74) is 2.80. The molecule has 136 valence electrons. The summed E-state index contributed by atoms with van der Waals surface area (Å²) >= 11 is 0. The van der Waals surface area contributed by atoms with Gasteiger partial charge in [-0.3, -0.25) is 15.1 Å². The fourth-order valence-corrected chi connectivity index (χ4v) is 3.14.